The van der Waals surface area contributed by atoms with E-state index in [0.717, 1.165) is 16.7 Å². The lowest BCUT2D eigenvalue weighted by molar-refractivity contribution is 0.495. The molecule has 0 aliphatic heterocycles. The van der Waals surface area contributed by atoms with Crippen LogP contribution in [-0.4, -0.2) is 0 Å². The summed E-state index contributed by atoms with van der Waals surface area (Å²) in [6.45, 7) is 0. The van der Waals surface area contributed by atoms with Crippen LogP contribution in [0.2, 0.25) is 0 Å². The van der Waals surface area contributed by atoms with Crippen molar-refractivity contribution in [1.82, 2.24) is 0 Å². The van der Waals surface area contributed by atoms with E-state index < -0.39 is 0 Å². The summed E-state index contributed by atoms with van der Waals surface area (Å²) in [7, 11) is 0. The fourth-order valence-electron chi connectivity index (χ4n) is 2.13. The van der Waals surface area contributed by atoms with Crippen LogP contribution < -0.4 is 0 Å². The van der Waals surface area contributed by atoms with Crippen LogP contribution in [-0.2, 0) is 0 Å². The van der Waals surface area contributed by atoms with Crippen LogP contribution in [0.25, 0.3) is 11.0 Å². The Morgan fingerprint density at radius 1 is 1.27 bits per heavy atom. The Kier molecular flexibility index (Phi) is 2.09. The van der Waals surface area contributed by atoms with Crippen LogP contribution in [0.5, 0.6) is 0 Å². The minimum absolute atomic E-state index is 0.436. The molecule has 0 fully saturated rings. The van der Waals surface area contributed by atoms with Crippen molar-refractivity contribution in [3.8, 4) is 0 Å². The molecule has 0 amide bonds. The predicted molar refractivity (Wildman–Crippen MR) is 60.8 cm³/mol. The van der Waals surface area contributed by atoms with E-state index >= 15 is 0 Å². The van der Waals surface area contributed by atoms with Gasteiger partial charge in [-0.25, -0.2) is 0 Å². The van der Waals surface area contributed by atoms with E-state index in [4.69, 9.17) is 4.42 Å². The molecule has 1 heterocycles. The van der Waals surface area contributed by atoms with Gasteiger partial charge in [-0.2, -0.15) is 0 Å². The number of fused-ring (bicyclic) bond motifs is 1. The van der Waals surface area contributed by atoms with Crippen molar-refractivity contribution in [2.75, 3.05) is 0 Å². The van der Waals surface area contributed by atoms with Gasteiger partial charge in [0, 0.05) is 17.4 Å². The van der Waals surface area contributed by atoms with Gasteiger partial charge in [-0.15, -0.1) is 0 Å². The predicted octanol–water partition coefficient (Wildman–Crippen LogP) is 4.06. The van der Waals surface area contributed by atoms with Gasteiger partial charge in [-0.05, 0) is 25.3 Å². The molecular weight excluding hydrogens is 184 g/mol. The first-order valence-electron chi connectivity index (χ1n) is 5.51. The quantitative estimate of drug-likeness (QED) is 0.628. The maximum Gasteiger partial charge on any atom is 0.134 e. The van der Waals surface area contributed by atoms with Gasteiger partial charge in [0.25, 0.3) is 0 Å². The van der Waals surface area contributed by atoms with E-state index in [-0.39, 0.29) is 0 Å². The minimum Gasteiger partial charge on any atom is -0.460 e. The van der Waals surface area contributed by atoms with E-state index in [9.17, 15) is 0 Å². The minimum atomic E-state index is 0.436. The van der Waals surface area contributed by atoms with E-state index in [1.807, 2.05) is 18.2 Å². The van der Waals surface area contributed by atoms with Crippen molar-refractivity contribution < 1.29 is 4.42 Å². The highest BCUT2D eigenvalue weighted by Gasteiger charge is 2.15. The molecule has 1 heteroatoms. The average Bonchev–Trinajstić information content (AvgIpc) is 2.74. The van der Waals surface area contributed by atoms with Crippen LogP contribution in [0.4, 0.5) is 0 Å². The molecule has 0 saturated carbocycles. The summed E-state index contributed by atoms with van der Waals surface area (Å²) in [4.78, 5) is 0. The molecule has 3 rings (SSSR count). The molecule has 0 saturated heterocycles. The molecule has 1 aliphatic carbocycles. The summed E-state index contributed by atoms with van der Waals surface area (Å²) in [5.74, 6) is 1.43. The Labute approximate surface area is 89.4 Å². The van der Waals surface area contributed by atoms with Crippen molar-refractivity contribution in [3.63, 3.8) is 0 Å². The first-order chi connectivity index (χ1) is 7.43. The van der Waals surface area contributed by atoms with Gasteiger partial charge < -0.3 is 4.42 Å². The Morgan fingerprint density at radius 2 is 2.20 bits per heavy atom. The lowest BCUT2D eigenvalue weighted by atomic mass is 9.94. The molecule has 2 aromatic rings. The lowest BCUT2D eigenvalue weighted by Crippen LogP contribution is -1.97. The number of para-hydroxylation sites is 1. The topological polar surface area (TPSA) is 13.1 Å². The number of hydrogen-bond donors (Lipinski definition) is 0. The Balaban J connectivity index is 2.03. The number of rotatable bonds is 1. The van der Waals surface area contributed by atoms with Crippen LogP contribution >= 0.6 is 0 Å². The lowest BCUT2D eigenvalue weighted by Gasteiger charge is -2.12. The fraction of sp³-hybridized carbons (Fsp3) is 0.286. The molecule has 1 atom stereocenters. The molecule has 1 aliphatic rings. The van der Waals surface area contributed by atoms with E-state index in [2.05, 4.69) is 24.3 Å². The molecule has 1 radical (unpaired) electrons. The number of benzene rings is 1. The second-order valence-electron chi connectivity index (χ2n) is 4.05. The summed E-state index contributed by atoms with van der Waals surface area (Å²) in [6, 6.07) is 11.4. The van der Waals surface area contributed by atoms with Crippen LogP contribution in [0.3, 0.4) is 0 Å². The number of hydrogen-bond acceptors (Lipinski definition) is 1. The third-order valence-corrected chi connectivity index (χ3v) is 2.96. The van der Waals surface area contributed by atoms with Gasteiger partial charge in [0.1, 0.15) is 11.3 Å². The van der Waals surface area contributed by atoms with Crippen molar-refractivity contribution in [1.29, 1.82) is 0 Å². The van der Waals surface area contributed by atoms with E-state index in [1.54, 1.807) is 0 Å². The second-order valence-corrected chi connectivity index (χ2v) is 4.05. The zero-order chi connectivity index (χ0) is 10.1. The summed E-state index contributed by atoms with van der Waals surface area (Å²) < 4.78 is 5.80. The molecule has 0 spiro atoms. The highest BCUT2D eigenvalue weighted by atomic mass is 16.3. The summed E-state index contributed by atoms with van der Waals surface area (Å²) in [5, 5.41) is 1.09. The third kappa shape index (κ3) is 1.58. The van der Waals surface area contributed by atoms with Crippen molar-refractivity contribution >= 4 is 11.0 Å². The molecule has 0 N–H and O–H groups in total. The van der Waals surface area contributed by atoms with Crippen molar-refractivity contribution in [2.45, 2.75) is 25.2 Å². The zero-order valence-electron chi connectivity index (χ0n) is 8.57. The van der Waals surface area contributed by atoms with Gasteiger partial charge >= 0.3 is 0 Å². The smallest absolute Gasteiger partial charge is 0.134 e. The van der Waals surface area contributed by atoms with Crippen LogP contribution in [0, 0.1) is 6.07 Å². The maximum absolute atomic E-state index is 5.80. The van der Waals surface area contributed by atoms with Gasteiger partial charge in [-0.1, -0.05) is 30.4 Å². The molecule has 75 valence electrons. The Bertz CT molecular complexity index is 460. The number of allylic oxidation sites excluding steroid dienone is 2. The average molecular weight is 197 g/mol. The fourth-order valence-corrected chi connectivity index (χ4v) is 2.13. The first kappa shape index (κ1) is 8.78. The zero-order valence-corrected chi connectivity index (χ0v) is 8.57. The van der Waals surface area contributed by atoms with Crippen LogP contribution in [0.1, 0.15) is 30.9 Å². The monoisotopic (exact) mass is 197 g/mol. The van der Waals surface area contributed by atoms with E-state index in [0.29, 0.717) is 5.92 Å². The normalized spacial score (nSPS) is 20.9. The van der Waals surface area contributed by atoms with Crippen molar-refractivity contribution in [2.24, 2.45) is 0 Å². The summed E-state index contributed by atoms with van der Waals surface area (Å²) in [6.07, 6.45) is 8.14. The molecular formula is C14H13O. The third-order valence-electron chi connectivity index (χ3n) is 2.96. The van der Waals surface area contributed by atoms with Gasteiger partial charge in [-0.3, -0.25) is 0 Å². The Morgan fingerprint density at radius 3 is 3.00 bits per heavy atom. The largest absolute Gasteiger partial charge is 0.460 e. The summed E-state index contributed by atoms with van der Waals surface area (Å²) in [5.41, 5.74) is 0.950. The summed E-state index contributed by atoms with van der Waals surface area (Å²) >= 11 is 0. The Hall–Kier alpha value is -1.50. The maximum atomic E-state index is 5.80. The second kappa shape index (κ2) is 3.58. The molecule has 15 heavy (non-hydrogen) atoms. The van der Waals surface area contributed by atoms with Gasteiger partial charge in [0.15, 0.2) is 0 Å². The van der Waals surface area contributed by atoms with Crippen molar-refractivity contribution in [3.05, 3.63) is 48.2 Å². The van der Waals surface area contributed by atoms with Crippen LogP contribution in [0.15, 0.2) is 40.8 Å². The highest BCUT2D eigenvalue weighted by Crippen LogP contribution is 2.31. The first-order valence-corrected chi connectivity index (χ1v) is 5.51. The highest BCUT2D eigenvalue weighted by molar-refractivity contribution is 5.77. The molecule has 1 aromatic carbocycles. The van der Waals surface area contributed by atoms with E-state index in [1.165, 1.54) is 19.3 Å². The van der Waals surface area contributed by atoms with Gasteiger partial charge in [0.2, 0.25) is 0 Å². The molecule has 1 nitrogen and oxygen atoms in total. The number of furan rings is 1. The van der Waals surface area contributed by atoms with Gasteiger partial charge in [0.05, 0.1) is 0 Å². The molecule has 0 bridgehead atoms. The standard InChI is InChI=1S/C14H13O/c1-2-6-11(7-3-1)14-10-12-8-4-5-9-13(12)15-14/h2,4-6,8-9,11H,1,3,7H2. The molecule has 1 unspecified atom stereocenters. The SMILES string of the molecule is [c]1c(C2C=CCCC2)oc2ccccc12. The molecule has 1 aromatic heterocycles.